The summed E-state index contributed by atoms with van der Waals surface area (Å²) >= 11 is 0. The smallest absolute Gasteiger partial charge is 0.409 e. The van der Waals surface area contributed by atoms with Crippen LogP contribution in [0, 0.1) is 5.92 Å². The monoisotopic (exact) mass is 362 g/mol. The Balaban J connectivity index is 1.57. The van der Waals surface area contributed by atoms with E-state index >= 15 is 0 Å². The van der Waals surface area contributed by atoms with Crippen LogP contribution in [0.2, 0.25) is 0 Å². The first-order chi connectivity index (χ1) is 12.6. The van der Waals surface area contributed by atoms with Gasteiger partial charge in [-0.25, -0.2) is 4.79 Å². The van der Waals surface area contributed by atoms with Crippen LogP contribution in [0.4, 0.5) is 4.79 Å². The Hall–Kier alpha value is -2.08. The van der Waals surface area contributed by atoms with Crippen LogP contribution in [0.3, 0.4) is 0 Å². The second-order valence-corrected chi connectivity index (χ2v) is 6.53. The van der Waals surface area contributed by atoms with Crippen LogP contribution in [0.1, 0.15) is 44.8 Å². The van der Waals surface area contributed by atoms with Crippen molar-refractivity contribution in [1.29, 1.82) is 0 Å². The van der Waals surface area contributed by atoms with Gasteiger partial charge in [0.2, 0.25) is 5.91 Å². The van der Waals surface area contributed by atoms with Crippen molar-refractivity contribution < 1.29 is 19.1 Å². The van der Waals surface area contributed by atoms with Crippen molar-refractivity contribution in [3.8, 4) is 0 Å². The maximum Gasteiger partial charge on any atom is 0.409 e. The summed E-state index contributed by atoms with van der Waals surface area (Å²) in [4.78, 5) is 25.6. The SMILES string of the molecule is CCOC(=O)N1CCC(C(=O)NCCCOC(C)c2ccccc2)CC1. The molecule has 1 atom stereocenters. The van der Waals surface area contributed by atoms with Gasteiger partial charge >= 0.3 is 6.09 Å². The van der Waals surface area contributed by atoms with E-state index in [1.807, 2.05) is 25.1 Å². The number of likely N-dealkylation sites (tertiary alicyclic amines) is 1. The van der Waals surface area contributed by atoms with Gasteiger partial charge in [0.25, 0.3) is 0 Å². The minimum Gasteiger partial charge on any atom is -0.450 e. The molecule has 0 bridgehead atoms. The predicted molar refractivity (Wildman–Crippen MR) is 99.8 cm³/mol. The van der Waals surface area contributed by atoms with Gasteiger partial charge in [-0.3, -0.25) is 4.79 Å². The van der Waals surface area contributed by atoms with Gasteiger partial charge < -0.3 is 19.7 Å². The zero-order valence-corrected chi connectivity index (χ0v) is 15.8. The Morgan fingerprint density at radius 1 is 1.23 bits per heavy atom. The van der Waals surface area contributed by atoms with Crippen molar-refractivity contribution in [3.05, 3.63) is 35.9 Å². The zero-order chi connectivity index (χ0) is 18.8. The Morgan fingerprint density at radius 2 is 1.92 bits per heavy atom. The highest BCUT2D eigenvalue weighted by Gasteiger charge is 2.27. The second kappa shape index (κ2) is 10.8. The van der Waals surface area contributed by atoms with Crippen molar-refractivity contribution in [2.75, 3.05) is 32.8 Å². The molecule has 1 aromatic carbocycles. The third kappa shape index (κ3) is 6.33. The molecule has 2 rings (SSSR count). The zero-order valence-electron chi connectivity index (χ0n) is 15.8. The van der Waals surface area contributed by atoms with Crippen LogP contribution >= 0.6 is 0 Å². The summed E-state index contributed by atoms with van der Waals surface area (Å²) in [5.41, 5.74) is 1.16. The van der Waals surface area contributed by atoms with Gasteiger partial charge in [-0.15, -0.1) is 0 Å². The summed E-state index contributed by atoms with van der Waals surface area (Å²) in [6, 6.07) is 10.1. The minimum atomic E-state index is -0.281. The molecule has 0 spiro atoms. The van der Waals surface area contributed by atoms with Crippen molar-refractivity contribution >= 4 is 12.0 Å². The molecule has 1 heterocycles. The fourth-order valence-corrected chi connectivity index (χ4v) is 3.05. The van der Waals surface area contributed by atoms with Crippen molar-refractivity contribution in [2.24, 2.45) is 5.92 Å². The van der Waals surface area contributed by atoms with Crippen LogP contribution in [0.5, 0.6) is 0 Å². The normalized spacial score (nSPS) is 16.2. The van der Waals surface area contributed by atoms with Crippen LogP contribution in [0.25, 0.3) is 0 Å². The highest BCUT2D eigenvalue weighted by molar-refractivity contribution is 5.79. The number of hydrogen-bond acceptors (Lipinski definition) is 4. The number of nitrogens with one attached hydrogen (secondary N) is 1. The summed E-state index contributed by atoms with van der Waals surface area (Å²) in [5.74, 6) is 0.0504. The topological polar surface area (TPSA) is 67.9 Å². The lowest BCUT2D eigenvalue weighted by molar-refractivity contribution is -0.126. The quantitative estimate of drug-likeness (QED) is 0.722. The van der Waals surface area contributed by atoms with Gasteiger partial charge in [-0.1, -0.05) is 30.3 Å². The molecule has 0 aliphatic carbocycles. The van der Waals surface area contributed by atoms with Gasteiger partial charge in [0.1, 0.15) is 0 Å². The molecular formula is C20H30N2O4. The summed E-state index contributed by atoms with van der Waals surface area (Å²) in [7, 11) is 0. The molecule has 2 amide bonds. The van der Waals surface area contributed by atoms with E-state index in [1.165, 1.54) is 0 Å². The van der Waals surface area contributed by atoms with E-state index in [0.29, 0.717) is 45.7 Å². The highest BCUT2D eigenvalue weighted by Crippen LogP contribution is 2.18. The minimum absolute atomic E-state index is 0.0233. The van der Waals surface area contributed by atoms with E-state index in [9.17, 15) is 9.59 Å². The largest absolute Gasteiger partial charge is 0.450 e. The molecule has 0 radical (unpaired) electrons. The number of rotatable bonds is 8. The molecule has 1 saturated heterocycles. The standard InChI is InChI=1S/C20H30N2O4/c1-3-25-20(24)22-13-10-18(11-14-22)19(23)21-12-7-15-26-16(2)17-8-5-4-6-9-17/h4-6,8-9,16,18H,3,7,10-15H2,1-2H3,(H,21,23). The van der Waals surface area contributed by atoms with Crippen molar-refractivity contribution in [1.82, 2.24) is 10.2 Å². The number of carbonyl (C=O) groups is 2. The number of hydrogen-bond donors (Lipinski definition) is 1. The molecule has 0 aromatic heterocycles. The molecule has 144 valence electrons. The van der Waals surface area contributed by atoms with Crippen LogP contribution in [0.15, 0.2) is 30.3 Å². The van der Waals surface area contributed by atoms with Gasteiger partial charge in [0.15, 0.2) is 0 Å². The van der Waals surface area contributed by atoms with E-state index < -0.39 is 0 Å². The average Bonchev–Trinajstić information content (AvgIpc) is 2.68. The molecule has 1 aliphatic heterocycles. The number of piperidine rings is 1. The highest BCUT2D eigenvalue weighted by atomic mass is 16.6. The maximum atomic E-state index is 12.2. The lowest BCUT2D eigenvalue weighted by Gasteiger charge is -2.30. The molecule has 6 heteroatoms. The first-order valence-electron chi connectivity index (χ1n) is 9.47. The number of amides is 2. The van der Waals surface area contributed by atoms with E-state index in [4.69, 9.17) is 9.47 Å². The number of ether oxygens (including phenoxy) is 2. The Bertz CT molecular complexity index is 556. The molecular weight excluding hydrogens is 332 g/mol. The third-order valence-electron chi connectivity index (χ3n) is 4.65. The van der Waals surface area contributed by atoms with Crippen LogP contribution < -0.4 is 5.32 Å². The van der Waals surface area contributed by atoms with Crippen LogP contribution in [-0.2, 0) is 14.3 Å². The molecule has 6 nitrogen and oxygen atoms in total. The van der Waals surface area contributed by atoms with Crippen molar-refractivity contribution in [3.63, 3.8) is 0 Å². The van der Waals surface area contributed by atoms with Gasteiger partial charge in [-0.05, 0) is 38.7 Å². The fraction of sp³-hybridized carbons (Fsp3) is 0.600. The van der Waals surface area contributed by atoms with Gasteiger partial charge in [-0.2, -0.15) is 0 Å². The number of benzene rings is 1. The summed E-state index contributed by atoms with van der Waals surface area (Å²) in [5, 5.41) is 2.98. The lowest BCUT2D eigenvalue weighted by Crippen LogP contribution is -2.43. The number of nitrogens with zero attached hydrogens (tertiary/aromatic N) is 1. The lowest BCUT2D eigenvalue weighted by atomic mass is 9.96. The molecule has 1 aromatic rings. The molecule has 1 unspecified atom stereocenters. The maximum absolute atomic E-state index is 12.2. The summed E-state index contributed by atoms with van der Waals surface area (Å²) in [6.45, 7) is 6.58. The Kier molecular flexibility index (Phi) is 8.41. The molecule has 26 heavy (non-hydrogen) atoms. The van der Waals surface area contributed by atoms with Crippen LogP contribution in [-0.4, -0.2) is 49.7 Å². The van der Waals surface area contributed by atoms with E-state index in [0.717, 1.165) is 12.0 Å². The molecule has 0 saturated carbocycles. The Labute approximate surface area is 155 Å². The molecule has 1 N–H and O–H groups in total. The third-order valence-corrected chi connectivity index (χ3v) is 4.65. The van der Waals surface area contributed by atoms with E-state index in [-0.39, 0.29) is 24.0 Å². The summed E-state index contributed by atoms with van der Waals surface area (Å²) < 4.78 is 10.8. The van der Waals surface area contributed by atoms with Crippen molar-refractivity contribution in [2.45, 2.75) is 39.2 Å². The Morgan fingerprint density at radius 3 is 2.58 bits per heavy atom. The first kappa shape index (κ1) is 20.2. The van der Waals surface area contributed by atoms with Gasteiger partial charge in [0.05, 0.1) is 12.7 Å². The number of carbonyl (C=O) groups excluding carboxylic acids is 2. The van der Waals surface area contributed by atoms with Gasteiger partial charge in [0, 0.05) is 32.2 Å². The predicted octanol–water partition coefficient (Wildman–Crippen LogP) is 3.14. The van der Waals surface area contributed by atoms with E-state index in [1.54, 1.807) is 11.8 Å². The first-order valence-corrected chi connectivity index (χ1v) is 9.47. The average molecular weight is 362 g/mol. The second-order valence-electron chi connectivity index (χ2n) is 6.53. The summed E-state index contributed by atoms with van der Waals surface area (Å²) in [6.07, 6.45) is 1.93. The molecule has 1 aliphatic rings. The molecule has 1 fully saturated rings. The van der Waals surface area contributed by atoms with E-state index in [2.05, 4.69) is 17.4 Å². The fourth-order valence-electron chi connectivity index (χ4n) is 3.05.